The molecular weight excluding hydrogens is 274 g/mol. The molecule has 0 bridgehead atoms. The van der Waals surface area contributed by atoms with E-state index in [1.165, 1.54) is 0 Å². The molecule has 1 aromatic rings. The van der Waals surface area contributed by atoms with Crippen molar-refractivity contribution in [3.05, 3.63) is 29.8 Å². The van der Waals surface area contributed by atoms with Gasteiger partial charge in [-0.15, -0.1) is 0 Å². The standard InChI is InChI=1S/C14H23N3O2S/c1-17(2)10-12-4-6-13(7-5-12)20(18,19)16-11-14(15)8-3-9-14/h4-7,16H,3,8-11,15H2,1-2H3. The van der Waals surface area contributed by atoms with Gasteiger partial charge in [-0.1, -0.05) is 12.1 Å². The van der Waals surface area contributed by atoms with Crippen LogP contribution in [0.4, 0.5) is 0 Å². The smallest absolute Gasteiger partial charge is 0.240 e. The second kappa shape index (κ2) is 5.81. The van der Waals surface area contributed by atoms with Crippen LogP contribution in [0.1, 0.15) is 24.8 Å². The molecule has 0 aliphatic heterocycles. The second-order valence-corrected chi connectivity index (χ2v) is 7.69. The fourth-order valence-electron chi connectivity index (χ4n) is 2.27. The van der Waals surface area contributed by atoms with Gasteiger partial charge in [-0.3, -0.25) is 0 Å². The van der Waals surface area contributed by atoms with E-state index in [4.69, 9.17) is 5.73 Å². The van der Waals surface area contributed by atoms with Crippen molar-refractivity contribution >= 4 is 10.0 Å². The first-order valence-electron chi connectivity index (χ1n) is 6.83. The molecular formula is C14H23N3O2S. The number of nitrogens with one attached hydrogen (secondary N) is 1. The van der Waals surface area contributed by atoms with Crippen molar-refractivity contribution in [3.8, 4) is 0 Å². The summed E-state index contributed by atoms with van der Waals surface area (Å²) < 4.78 is 27.0. The van der Waals surface area contributed by atoms with E-state index in [2.05, 4.69) is 4.72 Å². The highest BCUT2D eigenvalue weighted by molar-refractivity contribution is 7.89. The number of hydrogen-bond acceptors (Lipinski definition) is 4. The van der Waals surface area contributed by atoms with Gasteiger partial charge in [-0.25, -0.2) is 13.1 Å². The van der Waals surface area contributed by atoms with Crippen molar-refractivity contribution < 1.29 is 8.42 Å². The highest BCUT2D eigenvalue weighted by Gasteiger charge is 2.33. The summed E-state index contributed by atoms with van der Waals surface area (Å²) in [5, 5.41) is 0. The van der Waals surface area contributed by atoms with Crippen molar-refractivity contribution in [2.24, 2.45) is 5.73 Å². The normalized spacial score (nSPS) is 18.0. The Balaban J connectivity index is 2.01. The van der Waals surface area contributed by atoms with E-state index >= 15 is 0 Å². The molecule has 0 amide bonds. The van der Waals surface area contributed by atoms with Crippen molar-refractivity contribution in [3.63, 3.8) is 0 Å². The van der Waals surface area contributed by atoms with Crippen LogP contribution in [-0.2, 0) is 16.6 Å². The van der Waals surface area contributed by atoms with Gasteiger partial charge < -0.3 is 10.6 Å². The maximum atomic E-state index is 12.2. The van der Waals surface area contributed by atoms with Crippen molar-refractivity contribution in [1.29, 1.82) is 0 Å². The fourth-order valence-corrected chi connectivity index (χ4v) is 3.41. The third-order valence-corrected chi connectivity index (χ3v) is 5.11. The summed E-state index contributed by atoms with van der Waals surface area (Å²) in [6.07, 6.45) is 2.85. The fraction of sp³-hybridized carbons (Fsp3) is 0.571. The molecule has 1 saturated carbocycles. The topological polar surface area (TPSA) is 75.4 Å². The van der Waals surface area contributed by atoms with E-state index in [1.54, 1.807) is 12.1 Å². The average molecular weight is 297 g/mol. The van der Waals surface area contributed by atoms with E-state index in [0.29, 0.717) is 11.4 Å². The van der Waals surface area contributed by atoms with E-state index < -0.39 is 10.0 Å². The van der Waals surface area contributed by atoms with E-state index in [9.17, 15) is 8.42 Å². The van der Waals surface area contributed by atoms with Gasteiger partial charge in [0.05, 0.1) is 4.90 Å². The van der Waals surface area contributed by atoms with Crippen LogP contribution in [0.2, 0.25) is 0 Å². The van der Waals surface area contributed by atoms with Gasteiger partial charge in [0.1, 0.15) is 0 Å². The Morgan fingerprint density at radius 1 is 1.25 bits per heavy atom. The van der Waals surface area contributed by atoms with E-state index in [1.807, 2.05) is 31.1 Å². The van der Waals surface area contributed by atoms with Gasteiger partial charge in [0.15, 0.2) is 0 Å². The lowest BCUT2D eigenvalue weighted by molar-refractivity contribution is 0.251. The molecule has 0 radical (unpaired) electrons. The maximum Gasteiger partial charge on any atom is 0.240 e. The van der Waals surface area contributed by atoms with Crippen LogP contribution >= 0.6 is 0 Å². The van der Waals surface area contributed by atoms with Crippen molar-refractivity contribution in [2.45, 2.75) is 36.2 Å². The molecule has 20 heavy (non-hydrogen) atoms. The lowest BCUT2D eigenvalue weighted by Gasteiger charge is -2.38. The van der Waals surface area contributed by atoms with Crippen LogP contribution in [0.15, 0.2) is 29.2 Å². The molecule has 2 rings (SSSR count). The van der Waals surface area contributed by atoms with Crippen LogP contribution in [0.5, 0.6) is 0 Å². The Labute approximate surface area is 121 Å². The lowest BCUT2D eigenvalue weighted by atomic mass is 9.78. The van der Waals surface area contributed by atoms with Gasteiger partial charge in [0, 0.05) is 18.6 Å². The molecule has 3 N–H and O–H groups in total. The zero-order valence-corrected chi connectivity index (χ0v) is 12.9. The Hall–Kier alpha value is -0.950. The zero-order chi connectivity index (χ0) is 14.8. The summed E-state index contributed by atoms with van der Waals surface area (Å²) in [5.74, 6) is 0. The monoisotopic (exact) mass is 297 g/mol. The first-order valence-corrected chi connectivity index (χ1v) is 8.31. The van der Waals surface area contributed by atoms with Gasteiger partial charge in [0.25, 0.3) is 0 Å². The van der Waals surface area contributed by atoms with Crippen LogP contribution in [0, 0.1) is 0 Å². The molecule has 1 aromatic carbocycles. The Kier molecular flexibility index (Phi) is 4.49. The highest BCUT2D eigenvalue weighted by Crippen LogP contribution is 2.28. The predicted molar refractivity (Wildman–Crippen MR) is 79.8 cm³/mol. The summed E-state index contributed by atoms with van der Waals surface area (Å²) in [6, 6.07) is 6.97. The molecule has 1 aliphatic rings. The largest absolute Gasteiger partial charge is 0.324 e. The summed E-state index contributed by atoms with van der Waals surface area (Å²) in [5.41, 5.74) is 6.77. The zero-order valence-electron chi connectivity index (χ0n) is 12.1. The molecule has 0 saturated heterocycles. The van der Waals surface area contributed by atoms with Crippen molar-refractivity contribution in [2.75, 3.05) is 20.6 Å². The summed E-state index contributed by atoms with van der Waals surface area (Å²) in [4.78, 5) is 2.33. The number of nitrogens with two attached hydrogens (primary N) is 1. The molecule has 0 heterocycles. The Morgan fingerprint density at radius 2 is 1.85 bits per heavy atom. The summed E-state index contributed by atoms with van der Waals surface area (Å²) >= 11 is 0. The quantitative estimate of drug-likeness (QED) is 0.818. The minimum absolute atomic E-state index is 0.294. The molecule has 5 nitrogen and oxygen atoms in total. The third-order valence-electron chi connectivity index (χ3n) is 3.70. The number of nitrogens with zero attached hydrogens (tertiary/aromatic N) is 1. The van der Waals surface area contributed by atoms with Crippen LogP contribution in [0.3, 0.4) is 0 Å². The minimum atomic E-state index is -3.46. The lowest BCUT2D eigenvalue weighted by Crippen LogP contribution is -2.54. The van der Waals surface area contributed by atoms with Gasteiger partial charge in [-0.2, -0.15) is 0 Å². The number of sulfonamides is 1. The molecule has 0 atom stereocenters. The maximum absolute atomic E-state index is 12.2. The Morgan fingerprint density at radius 3 is 2.30 bits per heavy atom. The summed E-state index contributed by atoms with van der Waals surface area (Å²) in [7, 11) is 0.497. The van der Waals surface area contributed by atoms with Crippen molar-refractivity contribution in [1.82, 2.24) is 9.62 Å². The number of benzene rings is 1. The first kappa shape index (κ1) is 15.4. The molecule has 112 valence electrons. The Bertz CT molecular complexity index is 548. The van der Waals surface area contributed by atoms with Gasteiger partial charge in [-0.05, 0) is 51.1 Å². The van der Waals surface area contributed by atoms with Crippen LogP contribution < -0.4 is 10.5 Å². The third kappa shape index (κ3) is 3.79. The number of hydrogen-bond donors (Lipinski definition) is 2. The molecule has 0 aromatic heterocycles. The molecule has 6 heteroatoms. The predicted octanol–water partition coefficient (Wildman–Crippen LogP) is 0.908. The summed E-state index contributed by atoms with van der Waals surface area (Å²) in [6.45, 7) is 1.11. The van der Waals surface area contributed by atoms with Gasteiger partial charge in [0.2, 0.25) is 10.0 Å². The minimum Gasteiger partial charge on any atom is -0.324 e. The molecule has 0 unspecified atom stereocenters. The van der Waals surface area contributed by atoms with E-state index in [-0.39, 0.29) is 5.54 Å². The van der Waals surface area contributed by atoms with Gasteiger partial charge >= 0.3 is 0 Å². The first-order chi connectivity index (χ1) is 9.31. The average Bonchev–Trinajstić information content (AvgIpc) is 2.34. The molecule has 1 fully saturated rings. The molecule has 1 aliphatic carbocycles. The molecule has 0 spiro atoms. The number of rotatable bonds is 6. The highest BCUT2D eigenvalue weighted by atomic mass is 32.2. The van der Waals surface area contributed by atoms with Crippen LogP contribution in [-0.4, -0.2) is 39.5 Å². The SMILES string of the molecule is CN(C)Cc1ccc(S(=O)(=O)NCC2(N)CCC2)cc1. The van der Waals surface area contributed by atoms with Crippen LogP contribution in [0.25, 0.3) is 0 Å². The second-order valence-electron chi connectivity index (χ2n) is 5.92. The van der Waals surface area contributed by atoms with E-state index in [0.717, 1.165) is 31.4 Å².